The zero-order valence-corrected chi connectivity index (χ0v) is 14.4. The lowest BCUT2D eigenvalue weighted by Crippen LogP contribution is -2.22. The number of amides is 1. The summed E-state index contributed by atoms with van der Waals surface area (Å²) in [6, 6.07) is 2.68. The third kappa shape index (κ3) is 3.53. The SMILES string of the molecule is NC(=O)c1cn([C@@H]2CCCOC2)nc1Nc1cc2c(cc1F)OB(O)C=C2. The minimum Gasteiger partial charge on any atom is -0.532 e. The van der Waals surface area contributed by atoms with Gasteiger partial charge >= 0.3 is 7.12 Å². The third-order valence-corrected chi connectivity index (χ3v) is 4.55. The molecule has 2 aliphatic rings. The van der Waals surface area contributed by atoms with Gasteiger partial charge in [0.2, 0.25) is 0 Å². The highest BCUT2D eigenvalue weighted by molar-refractivity contribution is 6.51. The number of rotatable bonds is 4. The molecular formula is C17H18BFN4O4. The van der Waals surface area contributed by atoms with Crippen LogP contribution in [0.2, 0.25) is 0 Å². The molecule has 0 bridgehead atoms. The molecule has 1 amide bonds. The van der Waals surface area contributed by atoms with Gasteiger partial charge in [-0.1, -0.05) is 6.08 Å². The lowest BCUT2D eigenvalue weighted by molar-refractivity contribution is 0.0550. The largest absolute Gasteiger partial charge is 0.552 e. The zero-order chi connectivity index (χ0) is 19.0. The molecule has 1 fully saturated rings. The van der Waals surface area contributed by atoms with Crippen LogP contribution in [0.15, 0.2) is 24.3 Å². The van der Waals surface area contributed by atoms with E-state index in [1.807, 2.05) is 0 Å². The van der Waals surface area contributed by atoms with Crippen LogP contribution >= 0.6 is 0 Å². The third-order valence-electron chi connectivity index (χ3n) is 4.55. The number of nitrogens with zero attached hydrogens (tertiary/aromatic N) is 2. The van der Waals surface area contributed by atoms with Crippen molar-refractivity contribution in [3.05, 3.63) is 41.2 Å². The van der Waals surface area contributed by atoms with Crippen LogP contribution in [0, 0.1) is 5.82 Å². The normalized spacial score (nSPS) is 18.7. The van der Waals surface area contributed by atoms with E-state index >= 15 is 0 Å². The van der Waals surface area contributed by atoms with E-state index in [0.29, 0.717) is 18.8 Å². The number of primary amides is 1. The number of benzene rings is 1. The summed E-state index contributed by atoms with van der Waals surface area (Å²) in [5, 5.41) is 16.7. The number of carbonyl (C=O) groups excluding carboxylic acids is 1. The van der Waals surface area contributed by atoms with Gasteiger partial charge in [-0.2, -0.15) is 5.10 Å². The number of aromatic nitrogens is 2. The number of hydrogen-bond acceptors (Lipinski definition) is 6. The van der Waals surface area contributed by atoms with Crippen LogP contribution in [-0.4, -0.2) is 41.0 Å². The Kier molecular flexibility index (Phi) is 4.58. The van der Waals surface area contributed by atoms with E-state index in [9.17, 15) is 14.2 Å². The van der Waals surface area contributed by atoms with Gasteiger partial charge in [0.1, 0.15) is 17.1 Å². The molecule has 4 N–H and O–H groups in total. The molecule has 1 aromatic heterocycles. The zero-order valence-electron chi connectivity index (χ0n) is 14.4. The second kappa shape index (κ2) is 7.05. The van der Waals surface area contributed by atoms with Gasteiger partial charge in [-0.15, -0.1) is 0 Å². The lowest BCUT2D eigenvalue weighted by Gasteiger charge is -2.22. The maximum absolute atomic E-state index is 14.5. The molecule has 140 valence electrons. The van der Waals surface area contributed by atoms with Crippen molar-refractivity contribution in [1.82, 2.24) is 9.78 Å². The van der Waals surface area contributed by atoms with Crippen molar-refractivity contribution in [2.24, 2.45) is 5.73 Å². The molecule has 27 heavy (non-hydrogen) atoms. The molecule has 8 nitrogen and oxygen atoms in total. The number of anilines is 2. The average Bonchev–Trinajstić information content (AvgIpc) is 3.07. The number of halogens is 1. The molecule has 2 aromatic rings. The predicted octanol–water partition coefficient (Wildman–Crippen LogP) is 1.64. The summed E-state index contributed by atoms with van der Waals surface area (Å²) in [7, 11) is -1.11. The van der Waals surface area contributed by atoms with Crippen LogP contribution in [0.1, 0.15) is 34.8 Å². The van der Waals surface area contributed by atoms with Gasteiger partial charge in [0, 0.05) is 24.4 Å². The molecule has 0 unspecified atom stereocenters. The van der Waals surface area contributed by atoms with Crippen LogP contribution in [0.4, 0.5) is 15.9 Å². The Morgan fingerprint density at radius 2 is 2.33 bits per heavy atom. The first-order valence-electron chi connectivity index (χ1n) is 8.61. The lowest BCUT2D eigenvalue weighted by atomic mass is 9.86. The smallest absolute Gasteiger partial charge is 0.532 e. The van der Waals surface area contributed by atoms with Crippen LogP contribution in [-0.2, 0) is 4.74 Å². The van der Waals surface area contributed by atoms with E-state index in [1.54, 1.807) is 17.0 Å². The number of nitrogens with one attached hydrogen (secondary N) is 1. The van der Waals surface area contributed by atoms with E-state index in [4.69, 9.17) is 15.1 Å². The van der Waals surface area contributed by atoms with Crippen LogP contribution in [0.5, 0.6) is 5.75 Å². The highest BCUT2D eigenvalue weighted by atomic mass is 19.1. The molecular weight excluding hydrogens is 354 g/mol. The Morgan fingerprint density at radius 3 is 3.07 bits per heavy atom. The van der Waals surface area contributed by atoms with Gasteiger partial charge in [-0.3, -0.25) is 9.48 Å². The van der Waals surface area contributed by atoms with E-state index in [-0.39, 0.29) is 28.9 Å². The maximum atomic E-state index is 14.5. The minimum atomic E-state index is -1.11. The number of nitrogens with two attached hydrogens (primary N) is 1. The van der Waals surface area contributed by atoms with Crippen molar-refractivity contribution < 1.29 is 23.6 Å². The van der Waals surface area contributed by atoms with Crippen molar-refractivity contribution in [3.63, 3.8) is 0 Å². The molecule has 3 heterocycles. The Labute approximate surface area is 154 Å². The minimum absolute atomic E-state index is 0.00130. The highest BCUT2D eigenvalue weighted by Crippen LogP contribution is 2.32. The summed E-state index contributed by atoms with van der Waals surface area (Å²) in [5.41, 5.74) is 6.33. The number of carbonyl (C=O) groups is 1. The summed E-state index contributed by atoms with van der Waals surface area (Å²) in [5.74, 6) is 0.574. The number of ether oxygens (including phenoxy) is 1. The molecule has 0 saturated carbocycles. The van der Waals surface area contributed by atoms with E-state index in [2.05, 4.69) is 10.4 Å². The van der Waals surface area contributed by atoms with Gasteiger partial charge < -0.3 is 25.5 Å². The highest BCUT2D eigenvalue weighted by Gasteiger charge is 2.24. The van der Waals surface area contributed by atoms with Crippen molar-refractivity contribution in [2.45, 2.75) is 18.9 Å². The fourth-order valence-corrected chi connectivity index (χ4v) is 3.17. The monoisotopic (exact) mass is 372 g/mol. The Morgan fingerprint density at radius 1 is 1.48 bits per heavy atom. The van der Waals surface area contributed by atoms with Crippen LogP contribution in [0.25, 0.3) is 6.08 Å². The summed E-state index contributed by atoms with van der Waals surface area (Å²) in [6.07, 6.45) is 4.95. The average molecular weight is 372 g/mol. The molecule has 0 spiro atoms. The molecule has 0 aliphatic carbocycles. The van der Waals surface area contributed by atoms with Gasteiger partial charge in [0.15, 0.2) is 5.82 Å². The van der Waals surface area contributed by atoms with E-state index < -0.39 is 18.8 Å². The topological polar surface area (TPSA) is 112 Å². The van der Waals surface area contributed by atoms with Crippen molar-refractivity contribution in [2.75, 3.05) is 18.5 Å². The van der Waals surface area contributed by atoms with Crippen molar-refractivity contribution >= 4 is 30.6 Å². The Balaban J connectivity index is 1.65. The van der Waals surface area contributed by atoms with Crippen molar-refractivity contribution in [3.8, 4) is 5.75 Å². The first kappa shape index (κ1) is 17.6. The summed E-state index contributed by atoms with van der Waals surface area (Å²) in [6.45, 7) is 1.20. The fraction of sp³-hybridized carbons (Fsp3) is 0.294. The molecule has 1 atom stereocenters. The quantitative estimate of drug-likeness (QED) is 0.704. The van der Waals surface area contributed by atoms with Crippen LogP contribution < -0.4 is 15.7 Å². The molecule has 10 heteroatoms. The number of hydrogen-bond donors (Lipinski definition) is 3. The Hall–Kier alpha value is -2.85. The van der Waals surface area contributed by atoms with E-state index in [1.165, 1.54) is 18.1 Å². The predicted molar refractivity (Wildman–Crippen MR) is 97.2 cm³/mol. The first-order chi connectivity index (χ1) is 13.0. The van der Waals surface area contributed by atoms with Crippen LogP contribution in [0.3, 0.4) is 0 Å². The van der Waals surface area contributed by atoms with Gasteiger partial charge in [0.25, 0.3) is 5.91 Å². The van der Waals surface area contributed by atoms with Gasteiger partial charge in [0.05, 0.1) is 18.3 Å². The molecule has 2 aliphatic heterocycles. The number of fused-ring (bicyclic) bond motifs is 1. The second-order valence-electron chi connectivity index (χ2n) is 6.47. The van der Waals surface area contributed by atoms with E-state index in [0.717, 1.165) is 12.8 Å². The summed E-state index contributed by atoms with van der Waals surface area (Å²) >= 11 is 0. The fourth-order valence-electron chi connectivity index (χ4n) is 3.17. The molecule has 1 aromatic carbocycles. The molecule has 0 radical (unpaired) electrons. The summed E-state index contributed by atoms with van der Waals surface area (Å²) in [4.78, 5) is 11.8. The van der Waals surface area contributed by atoms with Gasteiger partial charge in [-0.05, 0) is 24.9 Å². The first-order valence-corrected chi connectivity index (χ1v) is 8.61. The summed E-state index contributed by atoms with van der Waals surface area (Å²) < 4.78 is 26.7. The molecule has 1 saturated heterocycles. The Bertz CT molecular complexity index is 911. The van der Waals surface area contributed by atoms with Gasteiger partial charge in [-0.25, -0.2) is 4.39 Å². The molecule has 4 rings (SSSR count). The van der Waals surface area contributed by atoms with Crippen molar-refractivity contribution in [1.29, 1.82) is 0 Å². The maximum Gasteiger partial charge on any atom is 0.552 e. The second-order valence-corrected chi connectivity index (χ2v) is 6.47. The standard InChI is InChI=1S/C17H18BFN4O4/c19-13-7-15-10(3-4-18(25)27-15)6-14(13)21-17-12(16(20)24)8-23(22-17)11-2-1-5-26-9-11/h3-4,6-8,11,25H,1-2,5,9H2,(H2,20,24)(H,21,22)/t11-/m1/s1.